The van der Waals surface area contributed by atoms with Crippen LogP contribution in [0.5, 0.6) is 17.2 Å². The monoisotopic (exact) mass is 422 g/mol. The molecule has 0 aliphatic heterocycles. The normalized spacial score (nSPS) is 10.7. The molecule has 31 heavy (non-hydrogen) atoms. The van der Waals surface area contributed by atoms with Crippen molar-refractivity contribution in [2.24, 2.45) is 0 Å². The molecule has 0 fully saturated rings. The highest BCUT2D eigenvalue weighted by molar-refractivity contribution is 5.92. The molecule has 0 spiro atoms. The molecule has 0 saturated heterocycles. The molecule has 2 heterocycles. The van der Waals surface area contributed by atoms with Crippen molar-refractivity contribution in [3.63, 3.8) is 0 Å². The van der Waals surface area contributed by atoms with Crippen LogP contribution in [0.15, 0.2) is 59.1 Å². The number of hydrogen-bond donors (Lipinski definition) is 2. The first-order valence-corrected chi connectivity index (χ1v) is 9.39. The van der Waals surface area contributed by atoms with Crippen LogP contribution in [-0.2, 0) is 6.54 Å². The lowest BCUT2D eigenvalue weighted by Crippen LogP contribution is -2.18. The molecular formula is C22H19FN4O4. The number of hydrogen-bond acceptors (Lipinski definition) is 7. The number of nitrogens with one attached hydrogen (secondary N) is 2. The van der Waals surface area contributed by atoms with Gasteiger partial charge in [-0.25, -0.2) is 4.39 Å². The van der Waals surface area contributed by atoms with Crippen molar-refractivity contribution in [1.82, 2.24) is 15.3 Å². The molecule has 2 aromatic heterocycles. The van der Waals surface area contributed by atoms with Crippen LogP contribution in [0.3, 0.4) is 0 Å². The van der Waals surface area contributed by atoms with E-state index in [-0.39, 0.29) is 30.0 Å². The van der Waals surface area contributed by atoms with Crippen LogP contribution in [0, 0.1) is 5.82 Å². The Morgan fingerprint density at radius 2 is 2.00 bits per heavy atom. The number of oxazole rings is 1. The molecule has 1 amide bonds. The van der Waals surface area contributed by atoms with Crippen LogP contribution < -0.4 is 20.1 Å². The number of fused-ring (bicyclic) bond motifs is 1. The largest absolute Gasteiger partial charge is 0.496 e. The van der Waals surface area contributed by atoms with Gasteiger partial charge in [-0.3, -0.25) is 9.78 Å². The predicted molar refractivity (Wildman–Crippen MR) is 112 cm³/mol. The molecule has 158 valence electrons. The Balaban J connectivity index is 1.51. The second kappa shape index (κ2) is 8.70. The summed E-state index contributed by atoms with van der Waals surface area (Å²) in [4.78, 5) is 20.1. The van der Waals surface area contributed by atoms with Crippen LogP contribution >= 0.6 is 0 Å². The van der Waals surface area contributed by atoms with Crippen LogP contribution in [-0.4, -0.2) is 30.0 Å². The summed E-state index contributed by atoms with van der Waals surface area (Å²) in [7, 11) is 3.02. The number of halogens is 1. The molecule has 0 radical (unpaired) electrons. The van der Waals surface area contributed by atoms with Crippen molar-refractivity contribution in [2.75, 3.05) is 19.5 Å². The Kier molecular flexibility index (Phi) is 5.65. The second-order valence-corrected chi connectivity index (χ2v) is 6.48. The fraction of sp³-hybridized carbons (Fsp3) is 0.136. The van der Waals surface area contributed by atoms with Gasteiger partial charge in [0.15, 0.2) is 5.58 Å². The van der Waals surface area contributed by atoms with Gasteiger partial charge >= 0.3 is 0 Å². The van der Waals surface area contributed by atoms with E-state index in [9.17, 15) is 9.18 Å². The summed E-state index contributed by atoms with van der Waals surface area (Å²) in [5.74, 6) is 0.704. The fourth-order valence-electron chi connectivity index (χ4n) is 2.97. The van der Waals surface area contributed by atoms with Gasteiger partial charge in [0.2, 0.25) is 0 Å². The number of carbonyl (C=O) groups excluding carboxylic acids is 1. The number of benzene rings is 2. The summed E-state index contributed by atoms with van der Waals surface area (Å²) in [5.41, 5.74) is 1.72. The van der Waals surface area contributed by atoms with Crippen molar-refractivity contribution < 1.29 is 23.1 Å². The molecule has 2 N–H and O–H groups in total. The number of methoxy groups -OCH3 is 1. The quantitative estimate of drug-likeness (QED) is 0.462. The maximum absolute atomic E-state index is 14.1. The molecule has 0 aliphatic carbocycles. The first-order chi connectivity index (χ1) is 15.1. The maximum Gasteiger partial charge on any atom is 0.295 e. The first kappa shape index (κ1) is 20.1. The van der Waals surface area contributed by atoms with Crippen LogP contribution in [0.1, 0.15) is 16.1 Å². The molecular weight excluding hydrogens is 403 g/mol. The Morgan fingerprint density at radius 3 is 2.81 bits per heavy atom. The Morgan fingerprint density at radius 1 is 1.16 bits per heavy atom. The van der Waals surface area contributed by atoms with Crippen LogP contribution in [0.2, 0.25) is 0 Å². The highest BCUT2D eigenvalue weighted by Gasteiger charge is 2.12. The van der Waals surface area contributed by atoms with Gasteiger partial charge in [-0.15, -0.1) is 0 Å². The predicted octanol–water partition coefficient (Wildman–Crippen LogP) is 4.13. The second-order valence-electron chi connectivity index (χ2n) is 6.48. The van der Waals surface area contributed by atoms with E-state index < -0.39 is 0 Å². The molecule has 0 unspecified atom stereocenters. The molecule has 0 atom stereocenters. The lowest BCUT2D eigenvalue weighted by Gasteiger charge is -2.09. The van der Waals surface area contributed by atoms with Gasteiger partial charge in [0.25, 0.3) is 11.9 Å². The number of ether oxygens (including phenoxy) is 2. The summed E-state index contributed by atoms with van der Waals surface area (Å²) >= 11 is 0. The van der Waals surface area contributed by atoms with Gasteiger partial charge in [-0.2, -0.15) is 4.98 Å². The van der Waals surface area contributed by atoms with E-state index in [1.54, 1.807) is 36.4 Å². The van der Waals surface area contributed by atoms with Crippen molar-refractivity contribution in [1.29, 1.82) is 0 Å². The van der Waals surface area contributed by atoms with Gasteiger partial charge in [-0.1, -0.05) is 6.07 Å². The molecule has 2 aromatic carbocycles. The fourth-order valence-corrected chi connectivity index (χ4v) is 2.97. The zero-order valence-corrected chi connectivity index (χ0v) is 16.8. The average Bonchev–Trinajstić information content (AvgIpc) is 3.19. The van der Waals surface area contributed by atoms with Gasteiger partial charge in [-0.05, 0) is 30.3 Å². The summed E-state index contributed by atoms with van der Waals surface area (Å²) in [5, 5.41) is 5.49. The summed E-state index contributed by atoms with van der Waals surface area (Å²) in [6.45, 7) is 0.144. The number of rotatable bonds is 7. The zero-order valence-electron chi connectivity index (χ0n) is 16.8. The Hall–Kier alpha value is -4.14. The van der Waals surface area contributed by atoms with E-state index in [1.165, 1.54) is 32.5 Å². The SMILES string of the molecule is CNC(=O)c1cc(Oc2ccc3nc(NCc4c(F)cccc4OC)oc3c2)ccn1. The summed E-state index contributed by atoms with van der Waals surface area (Å²) in [6.07, 6.45) is 1.49. The lowest BCUT2D eigenvalue weighted by molar-refractivity contribution is 0.0958. The molecule has 4 aromatic rings. The third-order valence-electron chi connectivity index (χ3n) is 4.50. The van der Waals surface area contributed by atoms with Crippen molar-refractivity contribution >= 4 is 23.0 Å². The first-order valence-electron chi connectivity index (χ1n) is 9.39. The van der Waals surface area contributed by atoms with Gasteiger partial charge in [0.05, 0.1) is 13.7 Å². The van der Waals surface area contributed by atoms with Crippen molar-refractivity contribution in [3.05, 3.63) is 71.8 Å². The molecule has 9 heteroatoms. The van der Waals surface area contributed by atoms with Crippen molar-refractivity contribution in [2.45, 2.75) is 6.54 Å². The standard InChI is InChI=1S/C22H19FN4O4/c1-24-21(28)18-10-14(8-9-25-18)30-13-6-7-17-20(11-13)31-22(27-17)26-12-15-16(23)4-3-5-19(15)29-2/h3-11H,12H2,1-2H3,(H,24,28)(H,26,27). The number of amides is 1. The highest BCUT2D eigenvalue weighted by Crippen LogP contribution is 2.28. The number of pyridine rings is 1. The Bertz CT molecular complexity index is 1240. The highest BCUT2D eigenvalue weighted by atomic mass is 19.1. The molecule has 0 bridgehead atoms. The molecule has 8 nitrogen and oxygen atoms in total. The third-order valence-corrected chi connectivity index (χ3v) is 4.50. The zero-order chi connectivity index (χ0) is 21.8. The topological polar surface area (TPSA) is 98.5 Å². The molecule has 0 aliphatic rings. The number of aromatic nitrogens is 2. The summed E-state index contributed by atoms with van der Waals surface area (Å²) < 4.78 is 30.8. The van der Waals surface area contributed by atoms with E-state index >= 15 is 0 Å². The van der Waals surface area contributed by atoms with E-state index in [2.05, 4.69) is 20.6 Å². The average molecular weight is 422 g/mol. The number of nitrogens with zero attached hydrogens (tertiary/aromatic N) is 2. The van der Waals surface area contributed by atoms with Crippen LogP contribution in [0.25, 0.3) is 11.1 Å². The van der Waals surface area contributed by atoms with E-state index in [4.69, 9.17) is 13.9 Å². The summed E-state index contributed by atoms with van der Waals surface area (Å²) in [6, 6.07) is 13.2. The van der Waals surface area contributed by atoms with Crippen molar-refractivity contribution in [3.8, 4) is 17.2 Å². The minimum atomic E-state index is -0.382. The smallest absolute Gasteiger partial charge is 0.295 e. The van der Waals surface area contributed by atoms with E-state index in [0.29, 0.717) is 33.9 Å². The third kappa shape index (κ3) is 4.40. The number of carbonyl (C=O) groups is 1. The van der Waals surface area contributed by atoms with E-state index in [0.717, 1.165) is 0 Å². The van der Waals surface area contributed by atoms with Gasteiger partial charge in [0.1, 0.15) is 34.3 Å². The van der Waals surface area contributed by atoms with Gasteiger partial charge < -0.3 is 24.5 Å². The lowest BCUT2D eigenvalue weighted by atomic mass is 10.2. The van der Waals surface area contributed by atoms with E-state index in [1.807, 2.05) is 0 Å². The van der Waals surface area contributed by atoms with Gasteiger partial charge in [0, 0.05) is 30.9 Å². The maximum atomic E-state index is 14.1. The molecule has 0 saturated carbocycles. The minimum absolute atomic E-state index is 0.144. The Labute approximate surface area is 177 Å². The van der Waals surface area contributed by atoms with Crippen LogP contribution in [0.4, 0.5) is 10.4 Å². The number of anilines is 1. The molecule has 4 rings (SSSR count). The minimum Gasteiger partial charge on any atom is -0.496 e.